The molecule has 0 aliphatic carbocycles. The number of nitrogens with zero attached hydrogens (tertiary/aromatic N) is 3. The highest BCUT2D eigenvalue weighted by atomic mass is 35.5. The average molecular weight is 540 g/mol. The molecule has 5 rings (SSSR count). The van der Waals surface area contributed by atoms with Gasteiger partial charge in [0.15, 0.2) is 15.7 Å². The van der Waals surface area contributed by atoms with Crippen LogP contribution in [0.3, 0.4) is 0 Å². The van der Waals surface area contributed by atoms with E-state index in [1.165, 1.54) is 18.5 Å². The summed E-state index contributed by atoms with van der Waals surface area (Å²) >= 11 is 6.27. The summed E-state index contributed by atoms with van der Waals surface area (Å²) in [6, 6.07) is 15.8. The summed E-state index contributed by atoms with van der Waals surface area (Å²) in [5.41, 5.74) is 0.340. The zero-order valence-electron chi connectivity index (χ0n) is 19.6. The zero-order valence-corrected chi connectivity index (χ0v) is 21.2. The number of hydrogen-bond acceptors (Lipinski definition) is 6. The van der Waals surface area contributed by atoms with Crippen LogP contribution in [0.4, 0.5) is 4.39 Å². The van der Waals surface area contributed by atoms with E-state index in [4.69, 9.17) is 11.6 Å². The van der Waals surface area contributed by atoms with E-state index in [2.05, 4.69) is 9.97 Å². The van der Waals surface area contributed by atoms with Gasteiger partial charge < -0.3 is 10.0 Å². The van der Waals surface area contributed by atoms with Crippen molar-refractivity contribution in [2.24, 2.45) is 0 Å². The third-order valence-electron chi connectivity index (χ3n) is 6.68. The Morgan fingerprint density at radius 3 is 2.30 bits per heavy atom. The summed E-state index contributed by atoms with van der Waals surface area (Å²) in [6.45, 7) is 0.713. The summed E-state index contributed by atoms with van der Waals surface area (Å²) < 4.78 is 40.2. The van der Waals surface area contributed by atoms with Crippen LogP contribution in [0.15, 0.2) is 78.0 Å². The molecule has 4 aromatic rings. The highest BCUT2D eigenvalue weighted by Crippen LogP contribution is 2.37. The number of benzene rings is 3. The first kappa shape index (κ1) is 25.3. The first-order chi connectivity index (χ1) is 17.7. The van der Waals surface area contributed by atoms with Crippen molar-refractivity contribution < 1.29 is 22.7 Å². The fourth-order valence-corrected chi connectivity index (χ4v) is 6.48. The van der Waals surface area contributed by atoms with Gasteiger partial charge in [0.2, 0.25) is 0 Å². The van der Waals surface area contributed by atoms with E-state index in [1.807, 2.05) is 6.07 Å². The standard InChI is InChI=1S/C27H23ClFN3O4S/c28-21-4-2-1-3-20(21)27(34)11-15-32(16-12-27)26(33)19-7-5-18(6-8-19)17-37(35,36)23-10-9-22(29)24-25(23)31-14-13-30-24/h1-10,13-14,34H,11-12,15-17H2. The van der Waals surface area contributed by atoms with Crippen molar-refractivity contribution in [1.29, 1.82) is 0 Å². The van der Waals surface area contributed by atoms with Crippen molar-refractivity contribution in [3.05, 3.63) is 101 Å². The van der Waals surface area contributed by atoms with E-state index in [-0.39, 0.29) is 27.6 Å². The molecule has 1 aromatic heterocycles. The minimum absolute atomic E-state index is 0.0175. The third kappa shape index (κ3) is 4.94. The highest BCUT2D eigenvalue weighted by Gasteiger charge is 2.37. The molecule has 3 aromatic carbocycles. The Kier molecular flexibility index (Phi) is 6.70. The minimum Gasteiger partial charge on any atom is -0.385 e. The van der Waals surface area contributed by atoms with Gasteiger partial charge in [0, 0.05) is 41.6 Å². The second kappa shape index (κ2) is 9.81. The van der Waals surface area contributed by atoms with Crippen molar-refractivity contribution in [2.45, 2.75) is 29.1 Å². The Bertz CT molecular complexity index is 1590. The van der Waals surface area contributed by atoms with Gasteiger partial charge in [-0.25, -0.2) is 17.8 Å². The molecule has 190 valence electrons. The molecule has 10 heteroatoms. The fraction of sp³-hybridized carbons (Fsp3) is 0.222. The lowest BCUT2D eigenvalue weighted by Crippen LogP contribution is -2.45. The topological polar surface area (TPSA) is 100 Å². The SMILES string of the molecule is O=C(c1ccc(CS(=O)(=O)c2ccc(F)c3nccnc23)cc1)N1CCC(O)(c2ccccc2Cl)CC1. The number of carbonyl (C=O) groups is 1. The van der Waals surface area contributed by atoms with Crippen LogP contribution in [0.1, 0.15) is 34.3 Å². The lowest BCUT2D eigenvalue weighted by atomic mass is 9.84. The maximum atomic E-state index is 14.0. The molecule has 0 saturated carbocycles. The van der Waals surface area contributed by atoms with Crippen molar-refractivity contribution in [2.75, 3.05) is 13.1 Å². The summed E-state index contributed by atoms with van der Waals surface area (Å²) in [4.78, 5) is 22.5. The Morgan fingerprint density at radius 2 is 1.62 bits per heavy atom. The second-order valence-electron chi connectivity index (χ2n) is 9.06. The van der Waals surface area contributed by atoms with Gasteiger partial charge in [-0.15, -0.1) is 0 Å². The Hall–Kier alpha value is -3.40. The molecule has 0 unspecified atom stereocenters. The molecule has 1 fully saturated rings. The number of piperidine rings is 1. The molecule has 2 heterocycles. The Morgan fingerprint density at radius 1 is 0.973 bits per heavy atom. The molecule has 1 aliphatic heterocycles. The largest absolute Gasteiger partial charge is 0.385 e. The number of fused-ring (bicyclic) bond motifs is 1. The second-order valence-corrected chi connectivity index (χ2v) is 11.4. The van der Waals surface area contributed by atoms with E-state index in [0.29, 0.717) is 47.6 Å². The first-order valence-corrected chi connectivity index (χ1v) is 13.7. The van der Waals surface area contributed by atoms with Gasteiger partial charge in [0.25, 0.3) is 5.91 Å². The lowest BCUT2D eigenvalue weighted by Gasteiger charge is -2.39. The number of hydrogen-bond donors (Lipinski definition) is 1. The molecule has 0 radical (unpaired) electrons. The maximum Gasteiger partial charge on any atom is 0.253 e. The summed E-state index contributed by atoms with van der Waals surface area (Å²) in [6.07, 6.45) is 3.33. The number of halogens is 2. The number of aliphatic hydroxyl groups is 1. The minimum atomic E-state index is -3.86. The normalized spacial score (nSPS) is 15.6. The molecule has 0 spiro atoms. The monoisotopic (exact) mass is 539 g/mol. The Labute approximate surface area is 218 Å². The molecule has 1 saturated heterocycles. The van der Waals surface area contributed by atoms with Gasteiger partial charge in [0.05, 0.1) is 16.2 Å². The molecule has 37 heavy (non-hydrogen) atoms. The average Bonchev–Trinajstić information content (AvgIpc) is 2.89. The van der Waals surface area contributed by atoms with E-state index >= 15 is 0 Å². The fourth-order valence-electron chi connectivity index (χ4n) is 4.66. The molecule has 1 aliphatic rings. The van der Waals surface area contributed by atoms with Crippen LogP contribution in [0.25, 0.3) is 11.0 Å². The van der Waals surface area contributed by atoms with E-state index in [0.717, 1.165) is 6.07 Å². The van der Waals surface area contributed by atoms with Gasteiger partial charge in [-0.2, -0.15) is 0 Å². The quantitative estimate of drug-likeness (QED) is 0.374. The van der Waals surface area contributed by atoms with E-state index < -0.39 is 21.3 Å². The lowest BCUT2D eigenvalue weighted by molar-refractivity contribution is -0.0210. The molecule has 1 amide bonds. The number of likely N-dealkylation sites (tertiary alicyclic amines) is 1. The molecular formula is C27H23ClFN3O4S. The van der Waals surface area contributed by atoms with Crippen LogP contribution in [0, 0.1) is 5.82 Å². The predicted octanol–water partition coefficient (Wildman–Crippen LogP) is 4.52. The maximum absolute atomic E-state index is 14.0. The third-order valence-corrected chi connectivity index (χ3v) is 8.73. The number of carbonyl (C=O) groups excluding carboxylic acids is 1. The predicted molar refractivity (Wildman–Crippen MR) is 137 cm³/mol. The van der Waals surface area contributed by atoms with E-state index in [9.17, 15) is 22.7 Å². The Balaban J connectivity index is 1.28. The molecule has 0 bridgehead atoms. The summed E-state index contributed by atoms with van der Waals surface area (Å²) in [7, 11) is -3.86. The van der Waals surface area contributed by atoms with Gasteiger partial charge in [-0.3, -0.25) is 9.78 Å². The van der Waals surface area contributed by atoms with Crippen LogP contribution in [-0.2, 0) is 21.2 Å². The van der Waals surface area contributed by atoms with Gasteiger partial charge >= 0.3 is 0 Å². The number of sulfone groups is 1. The molecule has 1 N–H and O–H groups in total. The van der Waals surface area contributed by atoms with Crippen molar-refractivity contribution in [1.82, 2.24) is 14.9 Å². The number of aromatic nitrogens is 2. The molecule has 0 atom stereocenters. The first-order valence-electron chi connectivity index (χ1n) is 11.7. The molecular weight excluding hydrogens is 517 g/mol. The summed E-state index contributed by atoms with van der Waals surface area (Å²) in [5, 5.41) is 11.6. The van der Waals surface area contributed by atoms with Crippen LogP contribution in [0.5, 0.6) is 0 Å². The van der Waals surface area contributed by atoms with Crippen LogP contribution in [0.2, 0.25) is 5.02 Å². The van der Waals surface area contributed by atoms with Crippen LogP contribution in [-0.4, -0.2) is 47.4 Å². The van der Waals surface area contributed by atoms with Crippen molar-refractivity contribution >= 4 is 38.4 Å². The number of rotatable bonds is 5. The van der Waals surface area contributed by atoms with Gasteiger partial charge in [-0.05, 0) is 48.7 Å². The zero-order chi connectivity index (χ0) is 26.2. The van der Waals surface area contributed by atoms with Gasteiger partial charge in [-0.1, -0.05) is 41.9 Å². The van der Waals surface area contributed by atoms with E-state index in [1.54, 1.807) is 47.4 Å². The van der Waals surface area contributed by atoms with Crippen LogP contribution >= 0.6 is 11.6 Å². The van der Waals surface area contributed by atoms with Crippen molar-refractivity contribution in [3.8, 4) is 0 Å². The smallest absolute Gasteiger partial charge is 0.253 e. The highest BCUT2D eigenvalue weighted by molar-refractivity contribution is 7.90. The van der Waals surface area contributed by atoms with Crippen LogP contribution < -0.4 is 0 Å². The van der Waals surface area contributed by atoms with Crippen molar-refractivity contribution in [3.63, 3.8) is 0 Å². The number of amides is 1. The summed E-state index contributed by atoms with van der Waals surface area (Å²) in [5.74, 6) is -1.18. The van der Waals surface area contributed by atoms with Gasteiger partial charge in [0.1, 0.15) is 11.0 Å². The molecule has 7 nitrogen and oxygen atoms in total.